The largest absolute Gasteiger partial charge is 0.378 e. The predicted octanol–water partition coefficient (Wildman–Crippen LogP) is 2.38. The molecular formula is C23H25F2N3O2. The van der Waals surface area contributed by atoms with E-state index in [0.29, 0.717) is 38.4 Å². The lowest BCUT2D eigenvalue weighted by Crippen LogP contribution is -2.80. The SMILES string of the molecule is O=C(c1ccccc1F)N1C[C@@H]2COCCN2C2(CN(Cc3ccccc3F)C2)C1. The van der Waals surface area contributed by atoms with Gasteiger partial charge in [0.1, 0.15) is 11.6 Å². The molecule has 3 aliphatic heterocycles. The maximum absolute atomic E-state index is 14.2. The summed E-state index contributed by atoms with van der Waals surface area (Å²) in [6.45, 7) is 5.18. The zero-order chi connectivity index (χ0) is 20.7. The Morgan fingerprint density at radius 3 is 2.53 bits per heavy atom. The van der Waals surface area contributed by atoms with Gasteiger partial charge in [-0.25, -0.2) is 8.78 Å². The average Bonchev–Trinajstić information content (AvgIpc) is 2.74. The van der Waals surface area contributed by atoms with Crippen molar-refractivity contribution in [3.8, 4) is 0 Å². The van der Waals surface area contributed by atoms with Gasteiger partial charge in [-0.05, 0) is 18.2 Å². The summed E-state index contributed by atoms with van der Waals surface area (Å²) < 4.78 is 34.0. The molecule has 0 radical (unpaired) electrons. The van der Waals surface area contributed by atoms with Gasteiger partial charge in [0.25, 0.3) is 5.91 Å². The highest BCUT2D eigenvalue weighted by Crippen LogP contribution is 2.37. The van der Waals surface area contributed by atoms with E-state index in [1.807, 2.05) is 12.1 Å². The van der Waals surface area contributed by atoms with Crippen molar-refractivity contribution in [3.05, 3.63) is 71.3 Å². The van der Waals surface area contributed by atoms with Crippen molar-refractivity contribution in [2.45, 2.75) is 18.1 Å². The smallest absolute Gasteiger partial charge is 0.256 e. The summed E-state index contributed by atoms with van der Waals surface area (Å²) in [5.74, 6) is -0.957. The number of hydrogen-bond acceptors (Lipinski definition) is 4. The van der Waals surface area contributed by atoms with Crippen molar-refractivity contribution in [1.29, 1.82) is 0 Å². The van der Waals surface area contributed by atoms with E-state index < -0.39 is 5.82 Å². The number of carbonyl (C=O) groups is 1. The van der Waals surface area contributed by atoms with Gasteiger partial charge in [0.15, 0.2) is 0 Å². The Hall–Kier alpha value is -2.35. The third-order valence-corrected chi connectivity index (χ3v) is 6.53. The number of benzene rings is 2. The van der Waals surface area contributed by atoms with Gasteiger partial charge in [-0.2, -0.15) is 0 Å². The van der Waals surface area contributed by atoms with Crippen LogP contribution in [-0.2, 0) is 11.3 Å². The van der Waals surface area contributed by atoms with Gasteiger partial charge in [0.05, 0.1) is 30.4 Å². The van der Waals surface area contributed by atoms with E-state index in [-0.39, 0.29) is 28.9 Å². The summed E-state index contributed by atoms with van der Waals surface area (Å²) in [7, 11) is 0. The van der Waals surface area contributed by atoms with Gasteiger partial charge >= 0.3 is 0 Å². The van der Waals surface area contributed by atoms with Crippen molar-refractivity contribution >= 4 is 5.91 Å². The second-order valence-corrected chi connectivity index (χ2v) is 8.55. The normalized spacial score (nSPS) is 23.8. The first kappa shape index (κ1) is 19.6. The molecule has 3 aliphatic rings. The molecule has 3 fully saturated rings. The van der Waals surface area contributed by atoms with Crippen LogP contribution >= 0.6 is 0 Å². The highest BCUT2D eigenvalue weighted by Gasteiger charge is 2.54. The predicted molar refractivity (Wildman–Crippen MR) is 108 cm³/mol. The van der Waals surface area contributed by atoms with Crippen LogP contribution in [0.4, 0.5) is 8.78 Å². The Morgan fingerprint density at radius 1 is 1.03 bits per heavy atom. The first-order chi connectivity index (χ1) is 14.6. The molecule has 0 N–H and O–H groups in total. The van der Waals surface area contributed by atoms with Gasteiger partial charge in [0, 0.05) is 44.8 Å². The highest BCUT2D eigenvalue weighted by atomic mass is 19.1. The van der Waals surface area contributed by atoms with Crippen molar-refractivity contribution in [2.24, 2.45) is 0 Å². The number of piperazine rings is 1. The molecule has 0 bridgehead atoms. The lowest BCUT2D eigenvalue weighted by atomic mass is 9.82. The van der Waals surface area contributed by atoms with Crippen LogP contribution in [0.2, 0.25) is 0 Å². The molecule has 30 heavy (non-hydrogen) atoms. The van der Waals surface area contributed by atoms with Crippen molar-refractivity contribution in [1.82, 2.24) is 14.7 Å². The Bertz CT molecular complexity index is 948. The van der Waals surface area contributed by atoms with Gasteiger partial charge in [0.2, 0.25) is 0 Å². The second-order valence-electron chi connectivity index (χ2n) is 8.55. The molecule has 1 atom stereocenters. The maximum Gasteiger partial charge on any atom is 0.256 e. The Morgan fingerprint density at radius 2 is 1.77 bits per heavy atom. The van der Waals surface area contributed by atoms with Crippen LogP contribution in [0.5, 0.6) is 0 Å². The molecule has 1 spiro atoms. The van der Waals surface area contributed by atoms with Crippen LogP contribution in [0.25, 0.3) is 0 Å². The van der Waals surface area contributed by atoms with E-state index in [4.69, 9.17) is 4.74 Å². The molecule has 5 rings (SSSR count). The first-order valence-electron chi connectivity index (χ1n) is 10.4. The van der Waals surface area contributed by atoms with Crippen LogP contribution in [0, 0.1) is 11.6 Å². The summed E-state index contributed by atoms with van der Waals surface area (Å²) in [5, 5.41) is 0. The minimum Gasteiger partial charge on any atom is -0.378 e. The van der Waals surface area contributed by atoms with E-state index in [9.17, 15) is 13.6 Å². The average molecular weight is 413 g/mol. The molecule has 5 nitrogen and oxygen atoms in total. The number of morpholine rings is 1. The Kier molecular flexibility index (Phi) is 5.05. The van der Waals surface area contributed by atoms with Crippen molar-refractivity contribution < 1.29 is 18.3 Å². The molecule has 0 aliphatic carbocycles. The van der Waals surface area contributed by atoms with E-state index in [1.165, 1.54) is 12.1 Å². The minimum atomic E-state index is -0.492. The molecule has 0 aromatic heterocycles. The van der Waals surface area contributed by atoms with Crippen LogP contribution in [0.3, 0.4) is 0 Å². The lowest BCUT2D eigenvalue weighted by molar-refractivity contribution is -0.160. The number of fused-ring (bicyclic) bond motifs is 2. The molecule has 0 saturated carbocycles. The fourth-order valence-corrected chi connectivity index (χ4v) is 5.20. The monoisotopic (exact) mass is 413 g/mol. The highest BCUT2D eigenvalue weighted by molar-refractivity contribution is 5.94. The first-order valence-corrected chi connectivity index (χ1v) is 10.4. The van der Waals surface area contributed by atoms with Crippen LogP contribution in [0.15, 0.2) is 48.5 Å². The topological polar surface area (TPSA) is 36.0 Å². The molecule has 3 heterocycles. The minimum absolute atomic E-state index is 0.0961. The number of hydrogen-bond donors (Lipinski definition) is 0. The number of rotatable bonds is 3. The van der Waals surface area contributed by atoms with Crippen LogP contribution < -0.4 is 0 Å². The maximum atomic E-state index is 14.2. The number of likely N-dealkylation sites (tertiary alicyclic amines) is 1. The summed E-state index contributed by atoms with van der Waals surface area (Å²) in [5.41, 5.74) is 0.597. The summed E-state index contributed by atoms with van der Waals surface area (Å²) >= 11 is 0. The quantitative estimate of drug-likeness (QED) is 0.774. The second kappa shape index (κ2) is 7.72. The Balaban J connectivity index is 1.35. The molecule has 7 heteroatoms. The fourth-order valence-electron chi connectivity index (χ4n) is 5.20. The van der Waals surface area contributed by atoms with Gasteiger partial charge in [-0.15, -0.1) is 0 Å². The van der Waals surface area contributed by atoms with Gasteiger partial charge < -0.3 is 9.64 Å². The number of nitrogens with zero attached hydrogens (tertiary/aromatic N) is 3. The molecule has 2 aromatic carbocycles. The van der Waals surface area contributed by atoms with E-state index in [0.717, 1.165) is 19.6 Å². The van der Waals surface area contributed by atoms with Gasteiger partial charge in [-0.1, -0.05) is 30.3 Å². The summed E-state index contributed by atoms with van der Waals surface area (Å²) in [6, 6.07) is 13.1. The van der Waals surface area contributed by atoms with Crippen molar-refractivity contribution in [3.63, 3.8) is 0 Å². The molecule has 0 unspecified atom stereocenters. The fraction of sp³-hybridized carbons (Fsp3) is 0.435. The molecule has 158 valence electrons. The van der Waals surface area contributed by atoms with E-state index in [2.05, 4.69) is 9.80 Å². The lowest BCUT2D eigenvalue weighted by Gasteiger charge is -2.63. The third kappa shape index (κ3) is 3.41. The number of ether oxygens (including phenoxy) is 1. The summed E-state index contributed by atoms with van der Waals surface area (Å²) in [4.78, 5) is 19.5. The number of carbonyl (C=O) groups excluding carboxylic acids is 1. The van der Waals surface area contributed by atoms with E-state index in [1.54, 1.807) is 29.2 Å². The van der Waals surface area contributed by atoms with Crippen molar-refractivity contribution in [2.75, 3.05) is 45.9 Å². The summed E-state index contributed by atoms with van der Waals surface area (Å²) in [6.07, 6.45) is 0. The number of halogens is 2. The molecule has 2 aromatic rings. The third-order valence-electron chi connectivity index (χ3n) is 6.53. The zero-order valence-electron chi connectivity index (χ0n) is 16.8. The van der Waals surface area contributed by atoms with Crippen LogP contribution in [-0.4, -0.2) is 78.1 Å². The zero-order valence-corrected chi connectivity index (χ0v) is 16.8. The van der Waals surface area contributed by atoms with E-state index >= 15 is 0 Å². The Labute approximate surface area is 174 Å². The molecular weight excluding hydrogens is 388 g/mol. The standard InChI is InChI=1S/C23H25F2N3O2/c24-20-7-3-1-5-17(20)11-26-14-23(15-26)16-27(12-18-13-30-10-9-28(18)23)22(29)19-6-2-4-8-21(19)25/h1-8,18H,9-16H2/t18-/m1/s1. The molecule has 1 amide bonds. The molecule has 3 saturated heterocycles. The number of amides is 1. The van der Waals surface area contributed by atoms with Crippen LogP contribution in [0.1, 0.15) is 15.9 Å². The van der Waals surface area contributed by atoms with Gasteiger partial charge in [-0.3, -0.25) is 14.6 Å².